The van der Waals surface area contributed by atoms with Gasteiger partial charge < -0.3 is 10.2 Å². The monoisotopic (exact) mass is 195 g/mol. The number of nitrogens with zero attached hydrogens (tertiary/aromatic N) is 1. The lowest BCUT2D eigenvalue weighted by Crippen LogP contribution is -2.04. The number of hydrogen-bond acceptors (Lipinski definition) is 4. The normalized spacial score (nSPS) is 8.00. The maximum absolute atomic E-state index is 11.1. The third-order valence-electron chi connectivity index (χ3n) is 1.33. The lowest BCUT2D eigenvalue weighted by molar-refractivity contribution is 0.0518. The number of hydrogen-bond donors (Lipinski definition) is 0. The molecule has 1 aromatic rings. The van der Waals surface area contributed by atoms with Crippen LogP contribution < -0.4 is 0 Å². The van der Waals surface area contributed by atoms with Gasteiger partial charge in [-0.05, 0) is 12.1 Å². The van der Waals surface area contributed by atoms with Crippen LogP contribution in [-0.4, -0.2) is 24.3 Å². The van der Waals surface area contributed by atoms with Gasteiger partial charge in [0, 0.05) is 0 Å². The smallest absolute Gasteiger partial charge is 0.339 e. The number of ether oxygens (including phenoxy) is 1. The van der Waals surface area contributed by atoms with Gasteiger partial charge in [-0.2, -0.15) is 4.99 Å². The highest BCUT2D eigenvalue weighted by Gasteiger charge is 2.03. The van der Waals surface area contributed by atoms with Crippen LogP contribution in [0.25, 0.3) is 0 Å². The second-order valence-corrected chi connectivity index (χ2v) is 2.18. The van der Waals surface area contributed by atoms with Crippen LogP contribution in [0.2, 0.25) is 0 Å². The zero-order valence-electron chi connectivity index (χ0n) is 7.27. The topological polar surface area (TPSA) is 87.2 Å². The summed E-state index contributed by atoms with van der Waals surface area (Å²) in [5, 5.41) is 0. The summed E-state index contributed by atoms with van der Waals surface area (Å²) in [7, 11) is 0. The number of carbonyl (C=O) groups excluding carboxylic acids is 2. The lowest BCUT2D eigenvalue weighted by atomic mass is 10.2. The second kappa shape index (κ2) is 6.54. The molecule has 74 valence electrons. The third-order valence-corrected chi connectivity index (χ3v) is 1.33. The molecule has 0 spiro atoms. The third kappa shape index (κ3) is 3.62. The Balaban J connectivity index is 0.00000169. The van der Waals surface area contributed by atoms with E-state index in [1.807, 2.05) is 0 Å². The van der Waals surface area contributed by atoms with Crippen LogP contribution in [0.3, 0.4) is 0 Å². The standard InChI is InChI=1S/C9H7NO3.H2O/c11-6-10-7-13-9(12)8-4-2-1-3-5-8;/h1-5H,7H2;1H2. The number of carbonyl (C=O) groups is 1. The minimum atomic E-state index is -0.500. The van der Waals surface area contributed by atoms with Crippen molar-refractivity contribution >= 4 is 12.0 Å². The fourth-order valence-corrected chi connectivity index (χ4v) is 0.775. The average Bonchev–Trinajstić information content (AvgIpc) is 2.19. The molecule has 0 aliphatic heterocycles. The van der Waals surface area contributed by atoms with E-state index in [-0.39, 0.29) is 12.2 Å². The maximum atomic E-state index is 11.1. The number of rotatable bonds is 3. The van der Waals surface area contributed by atoms with E-state index < -0.39 is 5.97 Å². The van der Waals surface area contributed by atoms with Crippen LogP contribution in [0.15, 0.2) is 35.3 Å². The van der Waals surface area contributed by atoms with Crippen molar-refractivity contribution in [3.63, 3.8) is 0 Å². The molecule has 0 radical (unpaired) electrons. The second-order valence-electron chi connectivity index (χ2n) is 2.18. The minimum absolute atomic E-state index is 0. The molecule has 0 bridgehead atoms. The van der Waals surface area contributed by atoms with Crippen LogP contribution in [0.1, 0.15) is 10.4 Å². The molecule has 1 aromatic carbocycles. The molecule has 14 heavy (non-hydrogen) atoms. The molecule has 5 heteroatoms. The molecule has 5 nitrogen and oxygen atoms in total. The highest BCUT2D eigenvalue weighted by Crippen LogP contribution is 2.00. The summed E-state index contributed by atoms with van der Waals surface area (Å²) in [5.74, 6) is -0.500. The molecular weight excluding hydrogens is 186 g/mol. The number of benzene rings is 1. The molecule has 1 rings (SSSR count). The molecule has 0 aromatic heterocycles. The minimum Gasteiger partial charge on any atom is -0.438 e. The van der Waals surface area contributed by atoms with Gasteiger partial charge in [0.25, 0.3) is 0 Å². The summed E-state index contributed by atoms with van der Waals surface area (Å²) in [4.78, 5) is 23.8. The van der Waals surface area contributed by atoms with Crippen molar-refractivity contribution in [2.45, 2.75) is 0 Å². The lowest BCUT2D eigenvalue weighted by Gasteiger charge is -1.98. The van der Waals surface area contributed by atoms with Crippen LogP contribution in [0, 0.1) is 0 Å². The van der Waals surface area contributed by atoms with E-state index in [9.17, 15) is 9.59 Å². The summed E-state index contributed by atoms with van der Waals surface area (Å²) in [6, 6.07) is 8.47. The highest BCUT2D eigenvalue weighted by molar-refractivity contribution is 5.89. The zero-order chi connectivity index (χ0) is 9.52. The predicted octanol–water partition coefficient (Wildman–Crippen LogP) is 0.312. The zero-order valence-corrected chi connectivity index (χ0v) is 7.27. The van der Waals surface area contributed by atoms with E-state index in [0.29, 0.717) is 5.56 Å². The van der Waals surface area contributed by atoms with Crippen molar-refractivity contribution in [2.24, 2.45) is 4.99 Å². The Bertz CT molecular complexity index is 330. The Morgan fingerprint density at radius 1 is 1.36 bits per heavy atom. The first-order chi connectivity index (χ1) is 6.34. The fraction of sp³-hybridized carbons (Fsp3) is 0.111. The Morgan fingerprint density at radius 2 is 2.00 bits per heavy atom. The van der Waals surface area contributed by atoms with Crippen molar-refractivity contribution in [2.75, 3.05) is 6.73 Å². The fourth-order valence-electron chi connectivity index (χ4n) is 0.775. The maximum Gasteiger partial charge on any atom is 0.339 e. The van der Waals surface area contributed by atoms with Crippen molar-refractivity contribution in [3.8, 4) is 0 Å². The van der Waals surface area contributed by atoms with Gasteiger partial charge in [-0.15, -0.1) is 0 Å². The van der Waals surface area contributed by atoms with Gasteiger partial charge in [0.05, 0.1) is 5.56 Å². The molecule has 0 unspecified atom stereocenters. The van der Waals surface area contributed by atoms with E-state index in [0.717, 1.165) is 0 Å². The van der Waals surface area contributed by atoms with Crippen LogP contribution in [-0.2, 0) is 9.53 Å². The molecule has 0 aliphatic rings. The molecule has 0 saturated carbocycles. The van der Waals surface area contributed by atoms with E-state index >= 15 is 0 Å². The van der Waals surface area contributed by atoms with E-state index in [2.05, 4.69) is 9.73 Å². The van der Waals surface area contributed by atoms with Crippen molar-refractivity contribution in [1.29, 1.82) is 0 Å². The summed E-state index contributed by atoms with van der Waals surface area (Å²) < 4.78 is 4.60. The first-order valence-electron chi connectivity index (χ1n) is 3.60. The first kappa shape index (κ1) is 12.0. The molecule has 0 aliphatic carbocycles. The van der Waals surface area contributed by atoms with Crippen LogP contribution in [0.4, 0.5) is 0 Å². The van der Waals surface area contributed by atoms with Crippen LogP contribution in [0.5, 0.6) is 0 Å². The van der Waals surface area contributed by atoms with Crippen LogP contribution >= 0.6 is 0 Å². The molecule has 0 heterocycles. The van der Waals surface area contributed by atoms with Crippen molar-refractivity contribution in [3.05, 3.63) is 35.9 Å². The van der Waals surface area contributed by atoms with Gasteiger partial charge in [-0.1, -0.05) is 18.2 Å². The van der Waals surface area contributed by atoms with Gasteiger partial charge in [0.1, 0.15) is 0 Å². The predicted molar refractivity (Wildman–Crippen MR) is 48.5 cm³/mol. The van der Waals surface area contributed by atoms with Gasteiger partial charge in [0.2, 0.25) is 6.08 Å². The summed E-state index contributed by atoms with van der Waals surface area (Å²) in [5.41, 5.74) is 0.434. The highest BCUT2D eigenvalue weighted by atomic mass is 16.5. The van der Waals surface area contributed by atoms with Gasteiger partial charge in [0.15, 0.2) is 6.73 Å². The largest absolute Gasteiger partial charge is 0.438 e. The summed E-state index contributed by atoms with van der Waals surface area (Å²) in [6.45, 7) is -0.281. The van der Waals surface area contributed by atoms with E-state index in [1.165, 1.54) is 6.08 Å². The van der Waals surface area contributed by atoms with E-state index in [4.69, 9.17) is 0 Å². The van der Waals surface area contributed by atoms with Gasteiger partial charge in [-0.3, -0.25) is 0 Å². The Hall–Kier alpha value is -1.97. The van der Waals surface area contributed by atoms with Crippen molar-refractivity contribution < 1.29 is 19.8 Å². The first-order valence-corrected chi connectivity index (χ1v) is 3.60. The quantitative estimate of drug-likeness (QED) is 0.395. The summed E-state index contributed by atoms with van der Waals surface area (Å²) >= 11 is 0. The van der Waals surface area contributed by atoms with Gasteiger partial charge in [-0.25, -0.2) is 9.59 Å². The molecule has 0 amide bonds. The molecule has 0 saturated heterocycles. The number of isocyanates is 1. The molecule has 0 atom stereocenters. The molecular formula is C9H9NO4. The number of aliphatic imine (C=N–C) groups is 1. The van der Waals surface area contributed by atoms with Crippen molar-refractivity contribution in [1.82, 2.24) is 0 Å². The van der Waals surface area contributed by atoms with E-state index in [1.54, 1.807) is 30.3 Å². The average molecular weight is 195 g/mol. The SMILES string of the molecule is O.O=C=NCOC(=O)c1ccccc1. The number of esters is 1. The van der Waals surface area contributed by atoms with Gasteiger partial charge >= 0.3 is 5.97 Å². The molecule has 0 fully saturated rings. The Kier molecular flexibility index (Phi) is 5.62. The summed E-state index contributed by atoms with van der Waals surface area (Å²) in [6.07, 6.45) is 1.27. The molecule has 2 N–H and O–H groups in total. The Morgan fingerprint density at radius 3 is 2.57 bits per heavy atom. The Labute approximate surface area is 80.3 Å².